The van der Waals surface area contributed by atoms with E-state index in [2.05, 4.69) is 46.6 Å². The predicted octanol–water partition coefficient (Wildman–Crippen LogP) is 0.242. The lowest BCUT2D eigenvalue weighted by atomic mass is 10.1. The smallest absolute Gasteiger partial charge is 0.221 e. The number of carbonyl (C=O) groups is 1. The molecular weight excluding hydrogens is 218 g/mol. The van der Waals surface area contributed by atoms with Gasteiger partial charge in [-0.25, -0.2) is 4.98 Å². The van der Waals surface area contributed by atoms with Gasteiger partial charge in [0.2, 0.25) is 5.91 Å². The fourth-order valence-electron chi connectivity index (χ4n) is 1.31. The highest BCUT2D eigenvalue weighted by molar-refractivity contribution is 5.76. The fourth-order valence-corrected chi connectivity index (χ4v) is 1.31. The summed E-state index contributed by atoms with van der Waals surface area (Å²) in [6.07, 6.45) is 2.64. The van der Waals surface area contributed by atoms with Crippen LogP contribution < -0.4 is 10.6 Å². The molecule has 0 unspecified atom stereocenters. The Morgan fingerprint density at radius 1 is 1.41 bits per heavy atom. The van der Waals surface area contributed by atoms with E-state index in [0.717, 1.165) is 5.82 Å². The summed E-state index contributed by atoms with van der Waals surface area (Å²) >= 11 is 0. The van der Waals surface area contributed by atoms with E-state index in [1.165, 1.54) is 6.33 Å². The number of hydrogen-bond acceptors (Lipinski definition) is 4. The van der Waals surface area contributed by atoms with E-state index in [0.29, 0.717) is 25.9 Å². The molecule has 0 bridgehead atoms. The molecule has 0 saturated carbocycles. The van der Waals surface area contributed by atoms with Gasteiger partial charge in [-0.1, -0.05) is 0 Å². The second-order valence-electron chi connectivity index (χ2n) is 4.96. The van der Waals surface area contributed by atoms with E-state index in [1.54, 1.807) is 0 Å². The van der Waals surface area contributed by atoms with E-state index in [4.69, 9.17) is 0 Å². The second-order valence-corrected chi connectivity index (χ2v) is 4.96. The molecule has 0 radical (unpaired) electrons. The summed E-state index contributed by atoms with van der Waals surface area (Å²) in [5.74, 6) is 0.847. The predicted molar refractivity (Wildman–Crippen MR) is 65.5 cm³/mol. The highest BCUT2D eigenvalue weighted by Gasteiger charge is 2.09. The normalized spacial score (nSPS) is 11.5. The molecule has 1 aromatic rings. The van der Waals surface area contributed by atoms with Crippen LogP contribution in [-0.2, 0) is 11.2 Å². The Kier molecular flexibility index (Phi) is 5.09. The molecule has 17 heavy (non-hydrogen) atoms. The van der Waals surface area contributed by atoms with Gasteiger partial charge in [0.1, 0.15) is 12.2 Å². The first-order chi connectivity index (χ1) is 7.97. The summed E-state index contributed by atoms with van der Waals surface area (Å²) in [5, 5.41) is 12.6. The van der Waals surface area contributed by atoms with E-state index in [1.807, 2.05) is 0 Å². The number of amides is 1. The zero-order valence-electron chi connectivity index (χ0n) is 10.7. The molecule has 0 spiro atoms. The number of aromatic amines is 1. The van der Waals surface area contributed by atoms with Gasteiger partial charge in [-0.3, -0.25) is 9.89 Å². The standard InChI is InChI=1S/C11H21N5O/c1-11(2,3)14-7-5-10(17)12-6-4-9-13-8-15-16-9/h8,14H,4-7H2,1-3H3,(H,12,17)(H,13,15,16). The fraction of sp³-hybridized carbons (Fsp3) is 0.727. The topological polar surface area (TPSA) is 82.7 Å². The van der Waals surface area contributed by atoms with Crippen LogP contribution in [0.3, 0.4) is 0 Å². The zero-order chi connectivity index (χ0) is 12.7. The van der Waals surface area contributed by atoms with Crippen molar-refractivity contribution in [3.8, 4) is 0 Å². The van der Waals surface area contributed by atoms with Crippen LogP contribution in [0.15, 0.2) is 6.33 Å². The Hall–Kier alpha value is -1.43. The molecule has 0 saturated heterocycles. The first-order valence-electron chi connectivity index (χ1n) is 5.83. The summed E-state index contributed by atoms with van der Waals surface area (Å²) in [5.41, 5.74) is 0.0557. The third-order valence-corrected chi connectivity index (χ3v) is 2.16. The number of carbonyl (C=O) groups excluding carboxylic acids is 1. The van der Waals surface area contributed by atoms with Gasteiger partial charge in [0.05, 0.1) is 0 Å². The maximum Gasteiger partial charge on any atom is 0.221 e. The van der Waals surface area contributed by atoms with Crippen molar-refractivity contribution in [1.82, 2.24) is 25.8 Å². The quantitative estimate of drug-likeness (QED) is 0.664. The van der Waals surface area contributed by atoms with Crippen molar-refractivity contribution in [2.75, 3.05) is 13.1 Å². The van der Waals surface area contributed by atoms with Gasteiger partial charge in [0, 0.05) is 31.5 Å². The highest BCUT2D eigenvalue weighted by atomic mass is 16.1. The largest absolute Gasteiger partial charge is 0.356 e. The summed E-state index contributed by atoms with van der Waals surface area (Å²) in [4.78, 5) is 15.4. The summed E-state index contributed by atoms with van der Waals surface area (Å²) in [6.45, 7) is 7.51. The van der Waals surface area contributed by atoms with Crippen molar-refractivity contribution >= 4 is 5.91 Å². The van der Waals surface area contributed by atoms with Gasteiger partial charge in [-0.15, -0.1) is 0 Å². The van der Waals surface area contributed by atoms with Gasteiger partial charge >= 0.3 is 0 Å². The van der Waals surface area contributed by atoms with Crippen LogP contribution >= 0.6 is 0 Å². The van der Waals surface area contributed by atoms with Gasteiger partial charge in [0.15, 0.2) is 0 Å². The first kappa shape index (κ1) is 13.6. The number of aromatic nitrogens is 3. The Balaban J connectivity index is 2.05. The van der Waals surface area contributed by atoms with Gasteiger partial charge in [0.25, 0.3) is 0 Å². The van der Waals surface area contributed by atoms with Crippen molar-refractivity contribution in [2.24, 2.45) is 0 Å². The van der Waals surface area contributed by atoms with E-state index >= 15 is 0 Å². The average molecular weight is 239 g/mol. The number of nitrogens with one attached hydrogen (secondary N) is 3. The molecule has 0 fully saturated rings. The molecule has 0 aliphatic rings. The number of H-pyrrole nitrogens is 1. The Morgan fingerprint density at radius 2 is 2.18 bits per heavy atom. The molecule has 1 heterocycles. The minimum absolute atomic E-state index is 0.0557. The summed E-state index contributed by atoms with van der Waals surface area (Å²) < 4.78 is 0. The molecule has 1 rings (SSSR count). The van der Waals surface area contributed by atoms with Gasteiger partial charge in [-0.2, -0.15) is 5.10 Å². The third-order valence-electron chi connectivity index (χ3n) is 2.16. The van der Waals surface area contributed by atoms with Crippen LogP contribution in [0.25, 0.3) is 0 Å². The highest BCUT2D eigenvalue weighted by Crippen LogP contribution is 1.97. The monoisotopic (exact) mass is 239 g/mol. The van der Waals surface area contributed by atoms with Crippen LogP contribution in [0.2, 0.25) is 0 Å². The molecule has 1 aromatic heterocycles. The lowest BCUT2D eigenvalue weighted by Gasteiger charge is -2.20. The van der Waals surface area contributed by atoms with Crippen molar-refractivity contribution < 1.29 is 4.79 Å². The Labute approximate surface area is 102 Å². The number of nitrogens with zero attached hydrogens (tertiary/aromatic N) is 2. The van der Waals surface area contributed by atoms with E-state index < -0.39 is 0 Å². The van der Waals surface area contributed by atoms with Crippen molar-refractivity contribution in [3.05, 3.63) is 12.2 Å². The Bertz CT molecular complexity index is 328. The number of hydrogen-bond donors (Lipinski definition) is 3. The van der Waals surface area contributed by atoms with Crippen LogP contribution in [0.5, 0.6) is 0 Å². The number of rotatable bonds is 6. The Morgan fingerprint density at radius 3 is 2.76 bits per heavy atom. The lowest BCUT2D eigenvalue weighted by Crippen LogP contribution is -2.38. The second kappa shape index (κ2) is 6.34. The van der Waals surface area contributed by atoms with Gasteiger partial charge < -0.3 is 10.6 Å². The molecule has 0 aliphatic carbocycles. The van der Waals surface area contributed by atoms with Crippen molar-refractivity contribution in [3.63, 3.8) is 0 Å². The molecule has 0 atom stereocenters. The van der Waals surface area contributed by atoms with Crippen LogP contribution in [0, 0.1) is 0 Å². The molecular formula is C11H21N5O. The van der Waals surface area contributed by atoms with E-state index in [-0.39, 0.29) is 11.4 Å². The molecule has 6 heteroatoms. The van der Waals surface area contributed by atoms with Crippen molar-refractivity contribution in [1.29, 1.82) is 0 Å². The minimum atomic E-state index is 0.0557. The van der Waals surface area contributed by atoms with Crippen LogP contribution in [0.1, 0.15) is 33.0 Å². The minimum Gasteiger partial charge on any atom is -0.356 e. The van der Waals surface area contributed by atoms with E-state index in [9.17, 15) is 4.79 Å². The maximum absolute atomic E-state index is 11.5. The zero-order valence-corrected chi connectivity index (χ0v) is 10.7. The molecule has 96 valence electrons. The maximum atomic E-state index is 11.5. The van der Waals surface area contributed by atoms with Crippen LogP contribution in [-0.4, -0.2) is 39.7 Å². The molecule has 6 nitrogen and oxygen atoms in total. The lowest BCUT2D eigenvalue weighted by molar-refractivity contribution is -0.121. The van der Waals surface area contributed by atoms with Gasteiger partial charge in [-0.05, 0) is 20.8 Å². The molecule has 3 N–H and O–H groups in total. The molecule has 1 amide bonds. The molecule has 0 aliphatic heterocycles. The third kappa shape index (κ3) is 6.68. The molecule has 0 aromatic carbocycles. The SMILES string of the molecule is CC(C)(C)NCCC(=O)NCCc1ncn[nH]1. The van der Waals surface area contributed by atoms with Crippen LogP contribution in [0.4, 0.5) is 0 Å². The average Bonchev–Trinajstić information content (AvgIpc) is 2.68. The first-order valence-corrected chi connectivity index (χ1v) is 5.83. The van der Waals surface area contributed by atoms with Crippen molar-refractivity contribution in [2.45, 2.75) is 39.2 Å². The summed E-state index contributed by atoms with van der Waals surface area (Å²) in [6, 6.07) is 0. The summed E-state index contributed by atoms with van der Waals surface area (Å²) in [7, 11) is 0.